The van der Waals surface area contributed by atoms with Gasteiger partial charge in [0.1, 0.15) is 19.3 Å². The molecule has 0 spiro atoms. The number of hydrogen-bond donors (Lipinski definition) is 3. The molecule has 0 aliphatic carbocycles. The summed E-state index contributed by atoms with van der Waals surface area (Å²) in [6, 6.07) is 0. The highest BCUT2D eigenvalue weighted by molar-refractivity contribution is 7.47. The Labute approximate surface area is 655 Å². The lowest BCUT2D eigenvalue weighted by Gasteiger charge is -2.21. The lowest BCUT2D eigenvalue weighted by Crippen LogP contribution is -2.30. The predicted molar refractivity (Wildman–Crippen MR) is 445 cm³/mol. The van der Waals surface area contributed by atoms with Crippen molar-refractivity contribution in [1.29, 1.82) is 0 Å². The molecule has 0 aromatic rings. The predicted octanol–water partition coefficient (Wildman–Crippen LogP) is 24.8. The number of carbonyl (C=O) groups excluding carboxylic acids is 4. The molecule has 0 fully saturated rings. The second-order valence-electron chi connectivity index (χ2n) is 27.3. The van der Waals surface area contributed by atoms with Crippen LogP contribution in [0, 0.1) is 0 Å². The normalized spacial score (nSPS) is 14.6. The van der Waals surface area contributed by atoms with Gasteiger partial charge < -0.3 is 33.8 Å². The van der Waals surface area contributed by atoms with Crippen LogP contribution in [0.15, 0.2) is 158 Å². The SMILES string of the molecule is CC/C=C\C/C=C\C/C=C\C/C=C\C/C=C\CC(=O)OCC(COP(=O)(O)OCC(O)COP(=O)(O)OCC(COC(=O)CCCCCCCC/C=C\C/C=C\C/C=C\C/C=C\CC)OC(=O)CCCCCCCC/C=C\C/C=C\C/C=C\CCCCC)OC(=O)CCCCCCC/C=C\CCCCCCCC. The smallest absolute Gasteiger partial charge is 0.462 e. The maximum absolute atomic E-state index is 13.1. The Hall–Kier alpha value is -5.32. The van der Waals surface area contributed by atoms with Crippen LogP contribution in [0.5, 0.6) is 0 Å². The van der Waals surface area contributed by atoms with E-state index in [1.54, 1.807) is 6.08 Å². The number of allylic oxidation sites excluding steroid dienone is 25. The van der Waals surface area contributed by atoms with E-state index in [1.165, 1.54) is 57.8 Å². The standard InChI is InChI=1S/C89H148O17P2/c1-5-9-13-17-21-25-29-33-37-39-41-43-47-50-54-58-62-66-70-74-87(92)100-80-85(106-89(94)76-72-68-64-60-56-52-48-44-42-40-38-34-30-26-22-18-14-10-6-2)82-104-108(97,98)102-78-83(90)77-101-107(95,96)103-81-84(105-88(93)75-71-67-63-59-55-51-46-36-32-28-24-20-16-12-8-4)79-99-86(91)73-69-65-61-57-53-49-45-35-31-27-23-19-15-11-7-3/h9,11,13,15,21-23,25-27,33-38,41-46,53,57,65,69,83-85,90H,5-8,10,12,14,16-20,24,28-32,39-40,47-52,54-56,58-64,66-68,70-82H2,1-4H3,(H,95,96)(H,97,98)/b13-9-,15-11-,25-21-,26-22-,27-23-,37-33-,38-34-,43-41-,44-42-,45-35-,46-36-,57-53-,69-65-. The number of carbonyl (C=O) groups is 4. The minimum atomic E-state index is -5.01. The van der Waals surface area contributed by atoms with Crippen molar-refractivity contribution in [2.24, 2.45) is 0 Å². The summed E-state index contributed by atoms with van der Waals surface area (Å²) in [6.07, 6.45) is 93.8. The molecule has 616 valence electrons. The summed E-state index contributed by atoms with van der Waals surface area (Å²) in [5.41, 5.74) is 0. The molecule has 0 aliphatic rings. The van der Waals surface area contributed by atoms with E-state index in [-0.39, 0.29) is 25.7 Å². The molecule has 3 N–H and O–H groups in total. The third kappa shape index (κ3) is 78.8. The van der Waals surface area contributed by atoms with Crippen molar-refractivity contribution in [2.45, 2.75) is 341 Å². The molecule has 0 heterocycles. The van der Waals surface area contributed by atoms with Gasteiger partial charge in [0, 0.05) is 19.3 Å². The van der Waals surface area contributed by atoms with Crippen LogP contribution < -0.4 is 0 Å². The molecule has 108 heavy (non-hydrogen) atoms. The molecule has 0 bridgehead atoms. The average molecular weight is 1550 g/mol. The van der Waals surface area contributed by atoms with Crippen LogP contribution >= 0.6 is 15.6 Å². The minimum Gasteiger partial charge on any atom is -0.462 e. The Bertz CT molecular complexity index is 2660. The summed E-state index contributed by atoms with van der Waals surface area (Å²) in [4.78, 5) is 73.1. The maximum Gasteiger partial charge on any atom is 0.472 e. The van der Waals surface area contributed by atoms with E-state index in [4.69, 9.17) is 37.0 Å². The highest BCUT2D eigenvalue weighted by Gasteiger charge is 2.30. The van der Waals surface area contributed by atoms with Crippen LogP contribution in [-0.4, -0.2) is 96.7 Å². The largest absolute Gasteiger partial charge is 0.472 e. The zero-order chi connectivity index (χ0) is 78.9. The van der Waals surface area contributed by atoms with Crippen LogP contribution in [0.2, 0.25) is 0 Å². The highest BCUT2D eigenvalue weighted by Crippen LogP contribution is 2.45. The molecule has 5 unspecified atom stereocenters. The minimum absolute atomic E-state index is 0.0615. The van der Waals surface area contributed by atoms with Crippen molar-refractivity contribution in [3.8, 4) is 0 Å². The molecule has 0 aliphatic heterocycles. The van der Waals surface area contributed by atoms with Gasteiger partial charge in [0.25, 0.3) is 0 Å². The number of phosphoric ester groups is 2. The van der Waals surface area contributed by atoms with Crippen LogP contribution in [0.1, 0.15) is 323 Å². The van der Waals surface area contributed by atoms with Crippen LogP contribution in [0.3, 0.4) is 0 Å². The Balaban J connectivity index is 5.47. The van der Waals surface area contributed by atoms with Gasteiger partial charge in [-0.1, -0.05) is 301 Å². The Morgan fingerprint density at radius 3 is 0.852 bits per heavy atom. The van der Waals surface area contributed by atoms with E-state index in [0.29, 0.717) is 25.7 Å². The van der Waals surface area contributed by atoms with Crippen LogP contribution in [-0.2, 0) is 65.4 Å². The first-order chi connectivity index (χ1) is 52.7. The number of aliphatic hydroxyl groups is 1. The molecule has 0 saturated carbocycles. The monoisotopic (exact) mass is 1550 g/mol. The summed E-state index contributed by atoms with van der Waals surface area (Å²) in [5, 5.41) is 10.7. The van der Waals surface area contributed by atoms with E-state index in [2.05, 4.69) is 161 Å². The van der Waals surface area contributed by atoms with E-state index in [1.807, 2.05) is 18.2 Å². The Morgan fingerprint density at radius 2 is 0.519 bits per heavy atom. The molecule has 17 nitrogen and oxygen atoms in total. The lowest BCUT2D eigenvalue weighted by molar-refractivity contribution is -0.161. The first-order valence-corrected chi connectivity index (χ1v) is 44.7. The molecule has 5 atom stereocenters. The molecule has 0 saturated heterocycles. The first-order valence-electron chi connectivity index (χ1n) is 41.7. The van der Waals surface area contributed by atoms with Crippen molar-refractivity contribution in [3.05, 3.63) is 158 Å². The quantitative estimate of drug-likeness (QED) is 0.0169. The highest BCUT2D eigenvalue weighted by atomic mass is 31.2. The maximum atomic E-state index is 13.1. The number of aliphatic hydroxyl groups excluding tert-OH is 1. The van der Waals surface area contributed by atoms with E-state index < -0.39 is 97.5 Å². The number of esters is 4. The fourth-order valence-electron chi connectivity index (χ4n) is 10.7. The summed E-state index contributed by atoms with van der Waals surface area (Å²) in [6.45, 7) is 4.48. The molecule has 0 aromatic heterocycles. The number of phosphoric acid groups is 2. The van der Waals surface area contributed by atoms with Crippen molar-refractivity contribution in [3.63, 3.8) is 0 Å². The van der Waals surface area contributed by atoms with Gasteiger partial charge in [-0.25, -0.2) is 9.13 Å². The van der Waals surface area contributed by atoms with E-state index in [9.17, 15) is 43.2 Å². The number of ether oxygens (including phenoxy) is 4. The van der Waals surface area contributed by atoms with Crippen molar-refractivity contribution < 1.29 is 80.2 Å². The topological polar surface area (TPSA) is 237 Å². The summed E-state index contributed by atoms with van der Waals surface area (Å²) >= 11 is 0. The van der Waals surface area contributed by atoms with Gasteiger partial charge in [-0.15, -0.1) is 0 Å². The number of hydrogen-bond acceptors (Lipinski definition) is 15. The van der Waals surface area contributed by atoms with Gasteiger partial charge >= 0.3 is 39.5 Å². The van der Waals surface area contributed by atoms with E-state index in [0.717, 1.165) is 186 Å². The summed E-state index contributed by atoms with van der Waals surface area (Å²) in [5.74, 6) is -2.36. The summed E-state index contributed by atoms with van der Waals surface area (Å²) in [7, 11) is -10.0. The fraction of sp³-hybridized carbons (Fsp3) is 0.663. The molecule has 19 heteroatoms. The molecule has 0 rings (SSSR count). The Kier molecular flexibility index (Phi) is 75.8. The van der Waals surface area contributed by atoms with Gasteiger partial charge in [-0.05, 0) is 154 Å². The van der Waals surface area contributed by atoms with Crippen molar-refractivity contribution in [2.75, 3.05) is 39.6 Å². The van der Waals surface area contributed by atoms with E-state index >= 15 is 0 Å². The summed E-state index contributed by atoms with van der Waals surface area (Å²) < 4.78 is 68.6. The first kappa shape index (κ1) is 103. The van der Waals surface area contributed by atoms with Crippen molar-refractivity contribution >= 4 is 39.5 Å². The van der Waals surface area contributed by atoms with Crippen LogP contribution in [0.25, 0.3) is 0 Å². The molecule has 0 amide bonds. The van der Waals surface area contributed by atoms with Gasteiger partial charge in [0.05, 0.1) is 32.8 Å². The molecule has 0 radical (unpaired) electrons. The second-order valence-corrected chi connectivity index (χ2v) is 30.2. The van der Waals surface area contributed by atoms with Gasteiger partial charge in [0.2, 0.25) is 0 Å². The number of rotatable bonds is 77. The second kappa shape index (κ2) is 79.8. The Morgan fingerprint density at radius 1 is 0.278 bits per heavy atom. The van der Waals surface area contributed by atoms with Crippen molar-refractivity contribution in [1.82, 2.24) is 0 Å². The molecule has 0 aromatic carbocycles. The zero-order valence-corrected chi connectivity index (χ0v) is 69.3. The van der Waals surface area contributed by atoms with Gasteiger partial charge in [-0.3, -0.25) is 37.3 Å². The third-order valence-corrected chi connectivity index (χ3v) is 18.9. The van der Waals surface area contributed by atoms with Crippen LogP contribution in [0.4, 0.5) is 0 Å². The molecular weight excluding hydrogens is 1400 g/mol. The average Bonchev–Trinajstić information content (AvgIpc) is 0.899. The lowest BCUT2D eigenvalue weighted by atomic mass is 10.1. The zero-order valence-electron chi connectivity index (χ0n) is 67.5. The van der Waals surface area contributed by atoms with Gasteiger partial charge in [0.15, 0.2) is 12.2 Å². The number of unbranched alkanes of at least 4 members (excludes halogenated alkanes) is 26. The third-order valence-electron chi connectivity index (χ3n) is 17.0. The fourth-order valence-corrected chi connectivity index (χ4v) is 12.3. The van der Waals surface area contributed by atoms with Gasteiger partial charge in [-0.2, -0.15) is 0 Å². The molecular formula is C89H148O17P2.